The number of amides is 1. The number of carbonyl (C=O) groups excluding carboxylic acids is 1. The number of nitrogens with zero attached hydrogens (tertiary/aromatic N) is 2. The molecule has 0 aliphatic rings. The predicted octanol–water partition coefficient (Wildman–Crippen LogP) is 3.31. The van der Waals surface area contributed by atoms with E-state index in [0.717, 1.165) is 32.1 Å². The van der Waals surface area contributed by atoms with Crippen LogP contribution in [0.15, 0.2) is 33.9 Å². The van der Waals surface area contributed by atoms with Crippen molar-refractivity contribution in [3.05, 3.63) is 45.1 Å². The molecule has 1 heterocycles. The van der Waals surface area contributed by atoms with Crippen LogP contribution in [0.1, 0.15) is 59.3 Å². The van der Waals surface area contributed by atoms with Crippen LogP contribution >= 0.6 is 0 Å². The number of hydrogen-bond donors (Lipinski definition) is 2. The van der Waals surface area contributed by atoms with Crippen molar-refractivity contribution in [2.75, 3.05) is 30.4 Å². The summed E-state index contributed by atoms with van der Waals surface area (Å²) >= 11 is 0. The predicted molar refractivity (Wildman–Crippen MR) is 130 cm³/mol. The second-order valence-electron chi connectivity index (χ2n) is 7.83. The molecule has 0 aliphatic carbocycles. The molecule has 1 amide bonds. The zero-order chi connectivity index (χ0) is 24.2. The average Bonchev–Trinajstić information content (AvgIpc) is 2.80. The van der Waals surface area contributed by atoms with E-state index in [4.69, 9.17) is 15.2 Å². The fourth-order valence-corrected chi connectivity index (χ4v) is 3.38. The minimum absolute atomic E-state index is 0.00581. The summed E-state index contributed by atoms with van der Waals surface area (Å²) in [6, 6.07) is 7.13. The normalized spacial score (nSPS) is 10.8. The second-order valence-corrected chi connectivity index (χ2v) is 7.83. The monoisotopic (exact) mass is 460 g/mol. The highest BCUT2D eigenvalue weighted by atomic mass is 16.5. The van der Waals surface area contributed by atoms with Gasteiger partial charge in [0.25, 0.3) is 11.5 Å². The van der Waals surface area contributed by atoms with Crippen LogP contribution in [0.25, 0.3) is 0 Å². The molecule has 9 heteroatoms. The van der Waals surface area contributed by atoms with Gasteiger partial charge in [0.05, 0.1) is 6.61 Å². The SMILES string of the molecule is CCCCCN(C(=O)COc1ccccc1OCCC)c1c(N)n(CCCC)c(=O)[nH]c1=O. The van der Waals surface area contributed by atoms with Crippen LogP contribution < -0.4 is 31.4 Å². The van der Waals surface area contributed by atoms with E-state index >= 15 is 0 Å². The van der Waals surface area contributed by atoms with Gasteiger partial charge in [0.1, 0.15) is 5.82 Å². The molecule has 0 fully saturated rings. The van der Waals surface area contributed by atoms with E-state index in [2.05, 4.69) is 11.9 Å². The number of unbranched alkanes of at least 4 members (excludes halogenated alkanes) is 3. The van der Waals surface area contributed by atoms with Crippen LogP contribution in [0.3, 0.4) is 0 Å². The van der Waals surface area contributed by atoms with Gasteiger partial charge in [-0.1, -0.05) is 52.2 Å². The number of nitrogens with one attached hydrogen (secondary N) is 1. The van der Waals surface area contributed by atoms with E-state index in [0.29, 0.717) is 37.6 Å². The van der Waals surface area contributed by atoms with Gasteiger partial charge < -0.3 is 20.1 Å². The molecule has 0 aliphatic heterocycles. The first kappa shape index (κ1) is 26.0. The van der Waals surface area contributed by atoms with Gasteiger partial charge in [0.15, 0.2) is 23.8 Å². The molecule has 182 valence electrons. The number of aromatic nitrogens is 2. The molecule has 33 heavy (non-hydrogen) atoms. The summed E-state index contributed by atoms with van der Waals surface area (Å²) in [5, 5.41) is 0. The Kier molecular flexibility index (Phi) is 10.5. The first-order chi connectivity index (χ1) is 15.9. The highest BCUT2D eigenvalue weighted by Gasteiger charge is 2.24. The number of rotatable bonds is 14. The maximum atomic E-state index is 13.2. The van der Waals surface area contributed by atoms with Gasteiger partial charge in [-0.2, -0.15) is 0 Å². The van der Waals surface area contributed by atoms with E-state index in [1.165, 1.54) is 9.47 Å². The van der Waals surface area contributed by atoms with Crippen LogP contribution in [0.2, 0.25) is 0 Å². The first-order valence-electron chi connectivity index (χ1n) is 11.7. The minimum atomic E-state index is -0.679. The molecule has 2 rings (SSSR count). The summed E-state index contributed by atoms with van der Waals surface area (Å²) in [4.78, 5) is 41.9. The molecule has 9 nitrogen and oxygen atoms in total. The van der Waals surface area contributed by atoms with Gasteiger partial charge in [-0.25, -0.2) is 4.79 Å². The van der Waals surface area contributed by atoms with Crippen LogP contribution in [-0.2, 0) is 11.3 Å². The molecule has 0 saturated carbocycles. The highest BCUT2D eigenvalue weighted by Crippen LogP contribution is 2.27. The molecule has 0 bridgehead atoms. The van der Waals surface area contributed by atoms with Gasteiger partial charge in [0, 0.05) is 13.1 Å². The van der Waals surface area contributed by atoms with Crippen molar-refractivity contribution >= 4 is 17.4 Å². The standard InChI is InChI=1S/C24H36N4O5/c1-4-7-11-15-27(21-22(25)28(14-8-5-2)24(31)26-23(21)30)20(29)17-33-19-13-10-9-12-18(19)32-16-6-3/h9-10,12-13H,4-8,11,14-17,25H2,1-3H3,(H,26,30,31). The third kappa shape index (κ3) is 7.13. The van der Waals surface area contributed by atoms with Gasteiger partial charge in [-0.15, -0.1) is 0 Å². The summed E-state index contributed by atoms with van der Waals surface area (Å²) < 4.78 is 12.8. The van der Waals surface area contributed by atoms with Crippen LogP contribution in [0.5, 0.6) is 11.5 Å². The van der Waals surface area contributed by atoms with Crippen molar-refractivity contribution in [1.82, 2.24) is 9.55 Å². The minimum Gasteiger partial charge on any atom is -0.490 e. The lowest BCUT2D eigenvalue weighted by Crippen LogP contribution is -2.43. The maximum absolute atomic E-state index is 13.2. The summed E-state index contributed by atoms with van der Waals surface area (Å²) in [7, 11) is 0. The summed E-state index contributed by atoms with van der Waals surface area (Å²) in [6.07, 6.45) is 4.93. The van der Waals surface area contributed by atoms with Gasteiger partial charge in [-0.3, -0.25) is 19.1 Å². The summed E-state index contributed by atoms with van der Waals surface area (Å²) in [5.74, 6) is 0.570. The van der Waals surface area contributed by atoms with Gasteiger partial charge in [0.2, 0.25) is 0 Å². The molecule has 0 saturated heterocycles. The van der Waals surface area contributed by atoms with Gasteiger partial charge in [-0.05, 0) is 31.4 Å². The fraction of sp³-hybridized carbons (Fsp3) is 0.542. The molecule has 0 atom stereocenters. The Morgan fingerprint density at radius 2 is 1.67 bits per heavy atom. The Hall–Kier alpha value is -3.23. The lowest BCUT2D eigenvalue weighted by Gasteiger charge is -2.25. The Balaban J connectivity index is 2.33. The number of carbonyl (C=O) groups is 1. The number of aromatic amines is 1. The number of benzene rings is 1. The largest absolute Gasteiger partial charge is 0.490 e. The summed E-state index contributed by atoms with van der Waals surface area (Å²) in [5.41, 5.74) is 4.98. The van der Waals surface area contributed by atoms with Crippen LogP contribution in [0, 0.1) is 0 Å². The molecule has 0 unspecified atom stereocenters. The number of para-hydroxylation sites is 2. The molecule has 1 aromatic carbocycles. The number of anilines is 2. The van der Waals surface area contributed by atoms with Gasteiger partial charge >= 0.3 is 5.69 Å². The van der Waals surface area contributed by atoms with E-state index in [9.17, 15) is 14.4 Å². The highest BCUT2D eigenvalue weighted by molar-refractivity contribution is 5.96. The van der Waals surface area contributed by atoms with Crippen molar-refractivity contribution < 1.29 is 14.3 Å². The number of hydrogen-bond acceptors (Lipinski definition) is 6. The van der Waals surface area contributed by atoms with Crippen molar-refractivity contribution in [2.24, 2.45) is 0 Å². The molecule has 0 radical (unpaired) electrons. The lowest BCUT2D eigenvalue weighted by molar-refractivity contribution is -0.120. The zero-order valence-corrected chi connectivity index (χ0v) is 19.9. The summed E-state index contributed by atoms with van der Waals surface area (Å²) in [6.45, 7) is 6.93. The molecular formula is C24H36N4O5. The Bertz CT molecular complexity index is 1010. The lowest BCUT2D eigenvalue weighted by atomic mass is 10.2. The zero-order valence-electron chi connectivity index (χ0n) is 19.9. The van der Waals surface area contributed by atoms with Crippen LogP contribution in [-0.4, -0.2) is 35.2 Å². The number of H-pyrrole nitrogens is 1. The topological polar surface area (TPSA) is 120 Å². The third-order valence-electron chi connectivity index (χ3n) is 5.17. The quantitative estimate of drug-likeness (QED) is 0.418. The molecular weight excluding hydrogens is 424 g/mol. The molecule has 3 N–H and O–H groups in total. The molecule has 0 spiro atoms. The maximum Gasteiger partial charge on any atom is 0.330 e. The second kappa shape index (κ2) is 13.3. The first-order valence-corrected chi connectivity index (χ1v) is 11.7. The molecule has 2 aromatic rings. The van der Waals surface area contributed by atoms with E-state index in [1.807, 2.05) is 19.9 Å². The van der Waals surface area contributed by atoms with Crippen molar-refractivity contribution in [3.8, 4) is 11.5 Å². The van der Waals surface area contributed by atoms with Crippen molar-refractivity contribution in [3.63, 3.8) is 0 Å². The fourth-order valence-electron chi connectivity index (χ4n) is 3.38. The van der Waals surface area contributed by atoms with Crippen molar-refractivity contribution in [2.45, 2.75) is 65.8 Å². The van der Waals surface area contributed by atoms with Crippen LogP contribution in [0.4, 0.5) is 11.5 Å². The number of ether oxygens (including phenoxy) is 2. The Morgan fingerprint density at radius 3 is 2.30 bits per heavy atom. The van der Waals surface area contributed by atoms with E-state index < -0.39 is 17.2 Å². The molecule has 1 aromatic heterocycles. The Labute approximate surface area is 194 Å². The average molecular weight is 461 g/mol. The Morgan fingerprint density at radius 1 is 1.00 bits per heavy atom. The number of nitrogens with two attached hydrogens (primary N) is 1. The van der Waals surface area contributed by atoms with E-state index in [1.54, 1.807) is 18.2 Å². The smallest absolute Gasteiger partial charge is 0.330 e. The number of nitrogen functional groups attached to an aromatic ring is 1. The van der Waals surface area contributed by atoms with Crippen molar-refractivity contribution in [1.29, 1.82) is 0 Å². The van der Waals surface area contributed by atoms with E-state index in [-0.39, 0.29) is 18.1 Å². The third-order valence-corrected chi connectivity index (χ3v) is 5.17.